The molecule has 0 aromatic rings. The molecule has 1 nitrogen and oxygen atoms in total. The predicted molar refractivity (Wildman–Crippen MR) is 42.7 cm³/mol. The summed E-state index contributed by atoms with van der Waals surface area (Å²) in [5, 5.41) is 8.99. The number of rotatable bonds is 2. The lowest BCUT2D eigenvalue weighted by Crippen LogP contribution is -2.09. The third kappa shape index (κ3) is 0.891. The molecule has 1 aliphatic carbocycles. The van der Waals surface area contributed by atoms with Gasteiger partial charge in [0.25, 0.3) is 0 Å². The monoisotopic (exact) mass is 140 g/mol. The van der Waals surface area contributed by atoms with Gasteiger partial charge in [0, 0.05) is 12.0 Å². The molecule has 1 N–H and O–H groups in total. The second-order valence-electron chi connectivity index (χ2n) is 3.81. The van der Waals surface area contributed by atoms with E-state index in [-0.39, 0.29) is 10.8 Å². The standard InChI is InChI=1S/C9H16O/c1-4-5-8(2)6-9(8,3)7-10/h4-5,10H,6-7H2,1-3H3. The Kier molecular flexibility index (Phi) is 1.63. The van der Waals surface area contributed by atoms with Gasteiger partial charge in [-0.3, -0.25) is 0 Å². The second-order valence-corrected chi connectivity index (χ2v) is 3.81. The van der Waals surface area contributed by atoms with Crippen molar-refractivity contribution in [3.05, 3.63) is 12.2 Å². The van der Waals surface area contributed by atoms with E-state index in [2.05, 4.69) is 26.0 Å². The minimum atomic E-state index is 0.166. The average molecular weight is 140 g/mol. The first-order valence-corrected chi connectivity index (χ1v) is 3.83. The molecule has 0 radical (unpaired) electrons. The molecule has 1 fully saturated rings. The molecule has 10 heavy (non-hydrogen) atoms. The number of aliphatic hydroxyl groups is 1. The smallest absolute Gasteiger partial charge is 0.0493 e. The number of hydrogen-bond acceptors (Lipinski definition) is 1. The Morgan fingerprint density at radius 3 is 2.40 bits per heavy atom. The van der Waals surface area contributed by atoms with Gasteiger partial charge in [-0.05, 0) is 18.8 Å². The molecule has 1 aliphatic rings. The van der Waals surface area contributed by atoms with Crippen LogP contribution in [0.5, 0.6) is 0 Å². The van der Waals surface area contributed by atoms with Crippen molar-refractivity contribution in [3.8, 4) is 0 Å². The van der Waals surface area contributed by atoms with Crippen LogP contribution in [0.2, 0.25) is 0 Å². The van der Waals surface area contributed by atoms with Gasteiger partial charge in [0.15, 0.2) is 0 Å². The highest BCUT2D eigenvalue weighted by Gasteiger charge is 2.58. The van der Waals surface area contributed by atoms with Gasteiger partial charge in [-0.2, -0.15) is 0 Å². The number of allylic oxidation sites excluding steroid dienone is 2. The Labute approximate surface area is 62.8 Å². The topological polar surface area (TPSA) is 20.2 Å². The van der Waals surface area contributed by atoms with Gasteiger partial charge >= 0.3 is 0 Å². The van der Waals surface area contributed by atoms with E-state index in [1.807, 2.05) is 6.92 Å². The quantitative estimate of drug-likeness (QED) is 0.581. The van der Waals surface area contributed by atoms with Crippen LogP contribution in [0.15, 0.2) is 12.2 Å². The first-order valence-electron chi connectivity index (χ1n) is 3.83. The summed E-state index contributed by atoms with van der Waals surface area (Å²) >= 11 is 0. The van der Waals surface area contributed by atoms with Crippen molar-refractivity contribution < 1.29 is 5.11 Å². The lowest BCUT2D eigenvalue weighted by atomic mass is 9.97. The molecule has 0 aromatic carbocycles. The van der Waals surface area contributed by atoms with Gasteiger partial charge in [0.1, 0.15) is 0 Å². The lowest BCUT2D eigenvalue weighted by Gasteiger charge is -2.10. The second kappa shape index (κ2) is 2.09. The molecule has 58 valence electrons. The highest BCUT2D eigenvalue weighted by molar-refractivity contribution is 5.18. The molecular formula is C9H16O. The van der Waals surface area contributed by atoms with Crippen LogP contribution in [-0.4, -0.2) is 11.7 Å². The number of aliphatic hydroxyl groups excluding tert-OH is 1. The summed E-state index contributed by atoms with van der Waals surface area (Å²) < 4.78 is 0. The third-order valence-electron chi connectivity index (χ3n) is 2.89. The van der Waals surface area contributed by atoms with Crippen molar-refractivity contribution in [1.29, 1.82) is 0 Å². The maximum atomic E-state index is 8.99. The zero-order valence-electron chi connectivity index (χ0n) is 7.02. The Bertz CT molecular complexity index is 162. The highest BCUT2D eigenvalue weighted by Crippen LogP contribution is 2.63. The first kappa shape index (κ1) is 7.80. The van der Waals surface area contributed by atoms with E-state index in [1.165, 1.54) is 0 Å². The summed E-state index contributed by atoms with van der Waals surface area (Å²) in [6, 6.07) is 0. The van der Waals surface area contributed by atoms with Crippen molar-refractivity contribution >= 4 is 0 Å². The van der Waals surface area contributed by atoms with Crippen molar-refractivity contribution in [2.75, 3.05) is 6.61 Å². The zero-order valence-corrected chi connectivity index (χ0v) is 7.02. The fraction of sp³-hybridized carbons (Fsp3) is 0.778. The SMILES string of the molecule is CC=CC1(C)CC1(C)CO. The van der Waals surface area contributed by atoms with Crippen molar-refractivity contribution in [1.82, 2.24) is 0 Å². The van der Waals surface area contributed by atoms with Gasteiger partial charge < -0.3 is 5.11 Å². The Morgan fingerprint density at radius 2 is 2.10 bits per heavy atom. The van der Waals surface area contributed by atoms with E-state index < -0.39 is 0 Å². The van der Waals surface area contributed by atoms with Crippen molar-refractivity contribution in [3.63, 3.8) is 0 Å². The van der Waals surface area contributed by atoms with Crippen molar-refractivity contribution in [2.24, 2.45) is 10.8 Å². The first-order chi connectivity index (χ1) is 4.58. The molecule has 0 bridgehead atoms. The number of hydrogen-bond donors (Lipinski definition) is 1. The summed E-state index contributed by atoms with van der Waals surface area (Å²) in [6.07, 6.45) is 5.39. The fourth-order valence-corrected chi connectivity index (χ4v) is 1.63. The van der Waals surface area contributed by atoms with E-state index in [1.54, 1.807) is 0 Å². The Balaban J connectivity index is 2.63. The van der Waals surface area contributed by atoms with Crippen LogP contribution < -0.4 is 0 Å². The molecule has 1 heteroatoms. The molecule has 1 rings (SSSR count). The molecule has 2 atom stereocenters. The Morgan fingerprint density at radius 1 is 1.50 bits per heavy atom. The third-order valence-corrected chi connectivity index (χ3v) is 2.89. The molecular weight excluding hydrogens is 124 g/mol. The van der Waals surface area contributed by atoms with Crippen LogP contribution >= 0.6 is 0 Å². The largest absolute Gasteiger partial charge is 0.396 e. The fourth-order valence-electron chi connectivity index (χ4n) is 1.63. The Hall–Kier alpha value is -0.300. The molecule has 2 unspecified atom stereocenters. The maximum absolute atomic E-state index is 8.99. The van der Waals surface area contributed by atoms with E-state index in [0.29, 0.717) is 6.61 Å². The summed E-state index contributed by atoms with van der Waals surface area (Å²) in [5.74, 6) is 0. The van der Waals surface area contributed by atoms with Crippen LogP contribution in [0, 0.1) is 10.8 Å². The van der Waals surface area contributed by atoms with E-state index in [0.717, 1.165) is 6.42 Å². The summed E-state index contributed by atoms with van der Waals surface area (Å²) in [6.45, 7) is 6.67. The van der Waals surface area contributed by atoms with Crippen LogP contribution in [0.3, 0.4) is 0 Å². The van der Waals surface area contributed by atoms with Crippen molar-refractivity contribution in [2.45, 2.75) is 27.2 Å². The van der Waals surface area contributed by atoms with Gasteiger partial charge in [0.05, 0.1) is 0 Å². The van der Waals surface area contributed by atoms with E-state index in [9.17, 15) is 0 Å². The van der Waals surface area contributed by atoms with Gasteiger partial charge in [0.2, 0.25) is 0 Å². The molecule has 0 heterocycles. The molecule has 0 aliphatic heterocycles. The zero-order chi connectivity index (χ0) is 7.83. The minimum absolute atomic E-state index is 0.166. The maximum Gasteiger partial charge on any atom is 0.0493 e. The molecule has 0 saturated heterocycles. The van der Waals surface area contributed by atoms with E-state index in [4.69, 9.17) is 5.11 Å². The molecule has 0 spiro atoms. The molecule has 1 saturated carbocycles. The lowest BCUT2D eigenvalue weighted by molar-refractivity contribution is 0.202. The van der Waals surface area contributed by atoms with Gasteiger partial charge in [-0.1, -0.05) is 26.0 Å². The van der Waals surface area contributed by atoms with Crippen LogP contribution in [-0.2, 0) is 0 Å². The van der Waals surface area contributed by atoms with E-state index >= 15 is 0 Å². The average Bonchev–Trinajstić information content (AvgIpc) is 2.38. The normalized spacial score (nSPS) is 46.4. The minimum Gasteiger partial charge on any atom is -0.396 e. The van der Waals surface area contributed by atoms with Crippen LogP contribution in [0.4, 0.5) is 0 Å². The predicted octanol–water partition coefficient (Wildman–Crippen LogP) is 1.97. The molecule has 0 aromatic heterocycles. The van der Waals surface area contributed by atoms with Gasteiger partial charge in [-0.25, -0.2) is 0 Å². The summed E-state index contributed by atoms with van der Waals surface area (Å²) in [5.41, 5.74) is 0.440. The molecule has 0 amide bonds. The highest BCUT2D eigenvalue weighted by atomic mass is 16.3. The summed E-state index contributed by atoms with van der Waals surface area (Å²) in [7, 11) is 0. The van der Waals surface area contributed by atoms with Crippen LogP contribution in [0.1, 0.15) is 27.2 Å². The van der Waals surface area contributed by atoms with Gasteiger partial charge in [-0.15, -0.1) is 0 Å². The summed E-state index contributed by atoms with van der Waals surface area (Å²) in [4.78, 5) is 0. The van der Waals surface area contributed by atoms with Crippen LogP contribution in [0.25, 0.3) is 0 Å².